The number of hydrogen-bond donors (Lipinski definition) is 1. The predicted octanol–water partition coefficient (Wildman–Crippen LogP) is 3.63. The molecule has 0 radical (unpaired) electrons. The van der Waals surface area contributed by atoms with E-state index in [4.69, 9.17) is 4.74 Å². The molecule has 0 bridgehead atoms. The van der Waals surface area contributed by atoms with Gasteiger partial charge in [0.15, 0.2) is 0 Å². The molecule has 3 rings (SSSR count). The Bertz CT molecular complexity index is 898. The molecular weight excluding hydrogens is 334 g/mol. The smallest absolute Gasteiger partial charge is 0.253 e. The van der Waals surface area contributed by atoms with Gasteiger partial charge in [0, 0.05) is 29.2 Å². The molecule has 2 heterocycles. The Morgan fingerprint density at radius 3 is 2.72 bits per heavy atom. The van der Waals surface area contributed by atoms with Crippen molar-refractivity contribution in [2.75, 3.05) is 7.11 Å². The van der Waals surface area contributed by atoms with Gasteiger partial charge in [0.2, 0.25) is 0 Å². The Balaban J connectivity index is 1.98. The van der Waals surface area contributed by atoms with Crippen LogP contribution in [0, 0.1) is 13.8 Å². The number of amides is 1. The van der Waals surface area contributed by atoms with Gasteiger partial charge in [-0.1, -0.05) is 12.1 Å². The molecule has 1 N–H and O–H groups in total. The van der Waals surface area contributed by atoms with Gasteiger partial charge < -0.3 is 14.6 Å². The quantitative estimate of drug-likeness (QED) is 0.760. The lowest BCUT2D eigenvalue weighted by Crippen LogP contribution is -2.31. The summed E-state index contributed by atoms with van der Waals surface area (Å²) in [7, 11) is 3.55. The number of ether oxygens (including phenoxy) is 1. The largest absolute Gasteiger partial charge is 0.497 e. The first-order valence-corrected chi connectivity index (χ1v) is 8.80. The van der Waals surface area contributed by atoms with Crippen LogP contribution in [-0.4, -0.2) is 22.6 Å². The Morgan fingerprint density at radius 1 is 1.32 bits per heavy atom. The molecular formula is C19H21N3O2S. The Morgan fingerprint density at radius 2 is 2.12 bits per heavy atom. The van der Waals surface area contributed by atoms with Crippen molar-refractivity contribution in [1.29, 1.82) is 0 Å². The van der Waals surface area contributed by atoms with Crippen LogP contribution in [0.1, 0.15) is 37.5 Å². The minimum atomic E-state index is -0.359. The normalized spacial score (nSPS) is 12.0. The second-order valence-electron chi connectivity index (χ2n) is 5.91. The van der Waals surface area contributed by atoms with E-state index < -0.39 is 0 Å². The monoisotopic (exact) mass is 355 g/mol. The number of thiophene rings is 1. The number of aryl methyl sites for hydroxylation is 3. The Labute approximate surface area is 151 Å². The summed E-state index contributed by atoms with van der Waals surface area (Å²) in [6.45, 7) is 3.97. The highest BCUT2D eigenvalue weighted by Crippen LogP contribution is 2.26. The maximum absolute atomic E-state index is 12.9. The van der Waals surface area contributed by atoms with Crippen LogP contribution < -0.4 is 10.1 Å². The van der Waals surface area contributed by atoms with Crippen molar-refractivity contribution in [2.45, 2.75) is 19.9 Å². The standard InChI is InChI=1S/C19H21N3O2S/c1-12-10-16(13(2)25-12)19(23)21-17(18-20-8-9-22(18)3)14-6-5-7-15(11-14)24-4/h5-11,17H,1-4H3,(H,21,23). The summed E-state index contributed by atoms with van der Waals surface area (Å²) in [5, 5.41) is 3.13. The van der Waals surface area contributed by atoms with Gasteiger partial charge in [0.25, 0.3) is 5.91 Å². The molecule has 1 amide bonds. The number of nitrogens with one attached hydrogen (secondary N) is 1. The zero-order valence-corrected chi connectivity index (χ0v) is 15.6. The molecule has 6 heteroatoms. The van der Waals surface area contributed by atoms with Crippen LogP contribution in [0.3, 0.4) is 0 Å². The van der Waals surface area contributed by atoms with Gasteiger partial charge in [-0.25, -0.2) is 4.98 Å². The first kappa shape index (κ1) is 17.2. The van der Waals surface area contributed by atoms with Gasteiger partial charge in [-0.3, -0.25) is 4.79 Å². The second-order valence-corrected chi connectivity index (χ2v) is 7.37. The van der Waals surface area contributed by atoms with E-state index in [9.17, 15) is 4.79 Å². The number of carbonyl (C=O) groups excluding carboxylic acids is 1. The van der Waals surface area contributed by atoms with E-state index in [0.29, 0.717) is 5.56 Å². The molecule has 130 valence electrons. The van der Waals surface area contributed by atoms with Crippen LogP contribution >= 0.6 is 11.3 Å². The third-order valence-corrected chi connectivity index (χ3v) is 5.07. The SMILES string of the molecule is COc1cccc(C(NC(=O)c2cc(C)sc2C)c2nccn2C)c1. The molecule has 3 aromatic rings. The van der Waals surface area contributed by atoms with Gasteiger partial charge in [-0.05, 0) is 37.6 Å². The fourth-order valence-corrected chi connectivity index (χ4v) is 3.76. The zero-order valence-electron chi connectivity index (χ0n) is 14.7. The minimum absolute atomic E-state index is 0.0994. The molecule has 1 atom stereocenters. The van der Waals surface area contributed by atoms with Crippen molar-refractivity contribution >= 4 is 17.2 Å². The highest BCUT2D eigenvalue weighted by Gasteiger charge is 2.23. The molecule has 0 aliphatic rings. The second kappa shape index (κ2) is 7.11. The number of rotatable bonds is 5. The van der Waals surface area contributed by atoms with Crippen molar-refractivity contribution in [3.63, 3.8) is 0 Å². The summed E-state index contributed by atoms with van der Waals surface area (Å²) in [6.07, 6.45) is 3.60. The predicted molar refractivity (Wildman–Crippen MR) is 99.3 cm³/mol. The number of nitrogens with zero attached hydrogens (tertiary/aromatic N) is 2. The molecule has 0 saturated heterocycles. The van der Waals surface area contributed by atoms with Crippen molar-refractivity contribution in [3.8, 4) is 5.75 Å². The third-order valence-electron chi connectivity index (χ3n) is 4.10. The average molecular weight is 355 g/mol. The van der Waals surface area contributed by atoms with Crippen LogP contribution in [0.5, 0.6) is 5.75 Å². The fourth-order valence-electron chi connectivity index (χ4n) is 2.84. The van der Waals surface area contributed by atoms with Gasteiger partial charge in [-0.15, -0.1) is 11.3 Å². The number of benzene rings is 1. The van der Waals surface area contributed by atoms with Gasteiger partial charge >= 0.3 is 0 Å². The molecule has 25 heavy (non-hydrogen) atoms. The topological polar surface area (TPSA) is 56.1 Å². The summed E-state index contributed by atoms with van der Waals surface area (Å²) in [5.41, 5.74) is 1.64. The number of hydrogen-bond acceptors (Lipinski definition) is 4. The Hall–Kier alpha value is -2.60. The lowest BCUT2D eigenvalue weighted by molar-refractivity contribution is 0.0941. The molecule has 5 nitrogen and oxygen atoms in total. The molecule has 2 aromatic heterocycles. The van der Waals surface area contributed by atoms with Gasteiger partial charge in [0.05, 0.1) is 12.7 Å². The van der Waals surface area contributed by atoms with Crippen molar-refractivity contribution in [3.05, 3.63) is 69.4 Å². The van der Waals surface area contributed by atoms with Crippen molar-refractivity contribution in [2.24, 2.45) is 7.05 Å². The number of methoxy groups -OCH3 is 1. The lowest BCUT2D eigenvalue weighted by atomic mass is 10.0. The fraction of sp³-hybridized carbons (Fsp3) is 0.263. The van der Waals surface area contributed by atoms with E-state index in [-0.39, 0.29) is 11.9 Å². The molecule has 0 spiro atoms. The summed E-state index contributed by atoms with van der Waals surface area (Å²) in [6, 6.07) is 9.25. The van der Waals surface area contributed by atoms with Gasteiger partial charge in [-0.2, -0.15) is 0 Å². The highest BCUT2D eigenvalue weighted by molar-refractivity contribution is 7.12. The summed E-state index contributed by atoms with van der Waals surface area (Å²) >= 11 is 1.63. The minimum Gasteiger partial charge on any atom is -0.497 e. The lowest BCUT2D eigenvalue weighted by Gasteiger charge is -2.19. The van der Waals surface area contributed by atoms with Gasteiger partial charge in [0.1, 0.15) is 17.6 Å². The summed E-state index contributed by atoms with van der Waals surface area (Å²) in [5.74, 6) is 1.41. The first-order chi connectivity index (χ1) is 12.0. The maximum atomic E-state index is 12.9. The number of aromatic nitrogens is 2. The maximum Gasteiger partial charge on any atom is 0.253 e. The van der Waals surface area contributed by atoms with Crippen LogP contribution in [-0.2, 0) is 7.05 Å². The Kier molecular flexibility index (Phi) is 4.90. The van der Waals surface area contributed by atoms with Crippen molar-refractivity contribution < 1.29 is 9.53 Å². The van der Waals surface area contributed by atoms with E-state index in [1.807, 2.05) is 62.0 Å². The number of imidazole rings is 1. The molecule has 1 aromatic carbocycles. The van der Waals surface area contributed by atoms with E-state index >= 15 is 0 Å². The average Bonchev–Trinajstić information content (AvgIpc) is 3.17. The molecule has 0 saturated carbocycles. The molecule has 0 aliphatic carbocycles. The van der Waals surface area contributed by atoms with E-state index in [1.165, 1.54) is 0 Å². The van der Waals surface area contributed by atoms with Crippen LogP contribution in [0.4, 0.5) is 0 Å². The summed E-state index contributed by atoms with van der Waals surface area (Å²) in [4.78, 5) is 19.4. The van der Waals surface area contributed by atoms with Crippen molar-refractivity contribution in [1.82, 2.24) is 14.9 Å². The molecule has 1 unspecified atom stereocenters. The van der Waals surface area contributed by atoms with E-state index in [2.05, 4.69) is 10.3 Å². The van der Waals surface area contributed by atoms with Crippen LogP contribution in [0.25, 0.3) is 0 Å². The molecule has 0 aliphatic heterocycles. The third kappa shape index (κ3) is 3.58. The summed E-state index contributed by atoms with van der Waals surface area (Å²) < 4.78 is 7.24. The van der Waals surface area contributed by atoms with Crippen LogP contribution in [0.2, 0.25) is 0 Å². The van der Waals surface area contributed by atoms with E-state index in [0.717, 1.165) is 26.9 Å². The molecule has 0 fully saturated rings. The zero-order chi connectivity index (χ0) is 18.0. The van der Waals surface area contributed by atoms with Crippen LogP contribution in [0.15, 0.2) is 42.7 Å². The highest BCUT2D eigenvalue weighted by atomic mass is 32.1. The van der Waals surface area contributed by atoms with E-state index in [1.54, 1.807) is 24.6 Å². The number of carbonyl (C=O) groups is 1. The first-order valence-electron chi connectivity index (χ1n) is 7.98.